The van der Waals surface area contributed by atoms with E-state index in [0.717, 1.165) is 11.1 Å². The first-order valence-corrected chi connectivity index (χ1v) is 5.04. The Morgan fingerprint density at radius 3 is 2.80 bits per heavy atom. The minimum Gasteiger partial charge on any atom is -0.352 e. The van der Waals surface area contributed by atoms with Gasteiger partial charge in [-0.3, -0.25) is 4.79 Å². The molecule has 0 saturated carbocycles. The lowest BCUT2D eigenvalue weighted by Gasteiger charge is -2.05. The summed E-state index contributed by atoms with van der Waals surface area (Å²) in [6, 6.07) is 7.99. The van der Waals surface area contributed by atoms with E-state index in [1.165, 1.54) is 5.56 Å². The van der Waals surface area contributed by atoms with Crippen molar-refractivity contribution in [3.8, 4) is 0 Å². The van der Waals surface area contributed by atoms with Crippen molar-refractivity contribution < 1.29 is 4.79 Å². The fourth-order valence-electron chi connectivity index (χ4n) is 1.32. The van der Waals surface area contributed by atoms with E-state index in [1.807, 2.05) is 38.1 Å². The second-order valence-corrected chi connectivity index (χ2v) is 3.90. The van der Waals surface area contributed by atoms with Crippen molar-refractivity contribution in [3.05, 3.63) is 47.5 Å². The molecule has 2 heteroatoms. The molecule has 0 atom stereocenters. The van der Waals surface area contributed by atoms with Crippen LogP contribution in [0.5, 0.6) is 0 Å². The molecule has 15 heavy (non-hydrogen) atoms. The van der Waals surface area contributed by atoms with E-state index in [2.05, 4.69) is 11.9 Å². The molecule has 0 bridgehead atoms. The van der Waals surface area contributed by atoms with Crippen LogP contribution in [-0.2, 0) is 11.2 Å². The molecule has 80 valence electrons. The summed E-state index contributed by atoms with van der Waals surface area (Å²) in [4.78, 5) is 11.5. The lowest BCUT2D eigenvalue weighted by molar-refractivity contribution is -0.120. The molecule has 0 heterocycles. The Hall–Kier alpha value is -1.57. The maximum atomic E-state index is 11.5. The molecule has 2 nitrogen and oxygen atoms in total. The third-order valence-electron chi connectivity index (χ3n) is 2.03. The fraction of sp³-hybridized carbons (Fsp3) is 0.308. The third kappa shape index (κ3) is 4.45. The lowest BCUT2D eigenvalue weighted by Crippen LogP contribution is -2.26. The highest BCUT2D eigenvalue weighted by atomic mass is 16.1. The van der Waals surface area contributed by atoms with Crippen LogP contribution in [0.15, 0.2) is 36.4 Å². The van der Waals surface area contributed by atoms with Gasteiger partial charge in [0.15, 0.2) is 0 Å². The number of carbonyl (C=O) groups is 1. The van der Waals surface area contributed by atoms with Crippen molar-refractivity contribution in [3.63, 3.8) is 0 Å². The molecular formula is C13H17NO. The number of hydrogen-bond acceptors (Lipinski definition) is 1. The summed E-state index contributed by atoms with van der Waals surface area (Å²) in [6.45, 7) is 8.21. The highest BCUT2D eigenvalue weighted by molar-refractivity contribution is 5.78. The van der Waals surface area contributed by atoms with E-state index >= 15 is 0 Å². The van der Waals surface area contributed by atoms with Crippen molar-refractivity contribution in [2.75, 3.05) is 6.54 Å². The molecule has 0 aliphatic rings. The second-order valence-electron chi connectivity index (χ2n) is 3.90. The van der Waals surface area contributed by atoms with Crippen LogP contribution in [-0.4, -0.2) is 12.5 Å². The fourth-order valence-corrected chi connectivity index (χ4v) is 1.32. The Labute approximate surface area is 91.0 Å². The number of hydrogen-bond donors (Lipinski definition) is 1. The summed E-state index contributed by atoms with van der Waals surface area (Å²) < 4.78 is 0. The van der Waals surface area contributed by atoms with Crippen LogP contribution < -0.4 is 5.32 Å². The molecule has 1 aromatic rings. The molecule has 0 spiro atoms. The maximum Gasteiger partial charge on any atom is 0.224 e. The Morgan fingerprint density at radius 2 is 2.20 bits per heavy atom. The monoisotopic (exact) mass is 203 g/mol. The van der Waals surface area contributed by atoms with Gasteiger partial charge in [-0.1, -0.05) is 42.0 Å². The first-order valence-electron chi connectivity index (χ1n) is 5.04. The van der Waals surface area contributed by atoms with Crippen molar-refractivity contribution in [1.29, 1.82) is 0 Å². The van der Waals surface area contributed by atoms with E-state index in [1.54, 1.807) is 0 Å². The van der Waals surface area contributed by atoms with E-state index < -0.39 is 0 Å². The van der Waals surface area contributed by atoms with Crippen molar-refractivity contribution in [2.45, 2.75) is 20.3 Å². The average Bonchev–Trinajstić information content (AvgIpc) is 2.15. The highest BCUT2D eigenvalue weighted by Gasteiger charge is 2.02. The summed E-state index contributed by atoms with van der Waals surface area (Å²) in [6.07, 6.45) is 0.439. The molecule has 0 unspecified atom stereocenters. The zero-order valence-electron chi connectivity index (χ0n) is 9.34. The Balaban J connectivity index is 2.48. The number of amides is 1. The van der Waals surface area contributed by atoms with Gasteiger partial charge >= 0.3 is 0 Å². The first kappa shape index (κ1) is 11.5. The van der Waals surface area contributed by atoms with Gasteiger partial charge < -0.3 is 5.32 Å². The minimum atomic E-state index is 0.0450. The van der Waals surface area contributed by atoms with Crippen LogP contribution in [0.4, 0.5) is 0 Å². The number of carbonyl (C=O) groups excluding carboxylic acids is 1. The normalized spacial score (nSPS) is 9.73. The summed E-state index contributed by atoms with van der Waals surface area (Å²) in [5.41, 5.74) is 3.20. The smallest absolute Gasteiger partial charge is 0.224 e. The zero-order chi connectivity index (χ0) is 11.3. The molecule has 0 aromatic heterocycles. The first-order chi connectivity index (χ1) is 7.08. The Morgan fingerprint density at radius 1 is 1.47 bits per heavy atom. The molecule has 0 radical (unpaired) electrons. The van der Waals surface area contributed by atoms with Gasteiger partial charge in [-0.05, 0) is 19.4 Å². The van der Waals surface area contributed by atoms with Crippen LogP contribution in [0.2, 0.25) is 0 Å². The largest absolute Gasteiger partial charge is 0.352 e. The topological polar surface area (TPSA) is 29.1 Å². The van der Waals surface area contributed by atoms with E-state index in [4.69, 9.17) is 0 Å². The van der Waals surface area contributed by atoms with Crippen LogP contribution in [0, 0.1) is 6.92 Å². The number of rotatable bonds is 4. The average molecular weight is 203 g/mol. The third-order valence-corrected chi connectivity index (χ3v) is 2.03. The van der Waals surface area contributed by atoms with Gasteiger partial charge in [-0.2, -0.15) is 0 Å². The Bertz CT molecular complexity index is 369. The second kappa shape index (κ2) is 5.35. The SMILES string of the molecule is C=C(C)CNC(=O)Cc1cccc(C)c1. The van der Waals surface area contributed by atoms with Gasteiger partial charge in [-0.25, -0.2) is 0 Å². The van der Waals surface area contributed by atoms with Gasteiger partial charge in [-0.15, -0.1) is 0 Å². The zero-order valence-corrected chi connectivity index (χ0v) is 9.34. The van der Waals surface area contributed by atoms with Crippen molar-refractivity contribution in [2.24, 2.45) is 0 Å². The molecule has 0 aliphatic carbocycles. The molecular weight excluding hydrogens is 186 g/mol. The van der Waals surface area contributed by atoms with Gasteiger partial charge in [0.25, 0.3) is 0 Å². The van der Waals surface area contributed by atoms with Gasteiger partial charge in [0.05, 0.1) is 6.42 Å². The van der Waals surface area contributed by atoms with Crippen LogP contribution in [0.3, 0.4) is 0 Å². The molecule has 0 saturated heterocycles. The van der Waals surface area contributed by atoms with Crippen molar-refractivity contribution >= 4 is 5.91 Å². The van der Waals surface area contributed by atoms with E-state index in [9.17, 15) is 4.79 Å². The van der Waals surface area contributed by atoms with Crippen LogP contribution in [0.1, 0.15) is 18.1 Å². The van der Waals surface area contributed by atoms with Crippen LogP contribution in [0.25, 0.3) is 0 Å². The highest BCUT2D eigenvalue weighted by Crippen LogP contribution is 2.04. The number of benzene rings is 1. The molecule has 1 N–H and O–H groups in total. The van der Waals surface area contributed by atoms with Crippen molar-refractivity contribution in [1.82, 2.24) is 5.32 Å². The van der Waals surface area contributed by atoms with Gasteiger partial charge in [0.1, 0.15) is 0 Å². The minimum absolute atomic E-state index is 0.0450. The molecule has 1 aromatic carbocycles. The van der Waals surface area contributed by atoms with E-state index in [-0.39, 0.29) is 5.91 Å². The maximum absolute atomic E-state index is 11.5. The number of aryl methyl sites for hydroxylation is 1. The molecule has 0 fully saturated rings. The van der Waals surface area contributed by atoms with Gasteiger partial charge in [0, 0.05) is 6.54 Å². The number of nitrogens with one attached hydrogen (secondary N) is 1. The quantitative estimate of drug-likeness (QED) is 0.747. The molecule has 1 amide bonds. The van der Waals surface area contributed by atoms with E-state index in [0.29, 0.717) is 13.0 Å². The molecule has 0 aliphatic heterocycles. The summed E-state index contributed by atoms with van der Waals surface area (Å²) in [7, 11) is 0. The standard InChI is InChI=1S/C13H17NO/c1-10(2)9-14-13(15)8-12-6-4-5-11(3)7-12/h4-7H,1,8-9H2,2-3H3,(H,14,15). The summed E-state index contributed by atoms with van der Waals surface area (Å²) in [5.74, 6) is 0.0450. The van der Waals surface area contributed by atoms with Crippen LogP contribution >= 0.6 is 0 Å². The Kier molecular flexibility index (Phi) is 4.10. The molecule has 1 rings (SSSR count). The predicted molar refractivity (Wildman–Crippen MR) is 62.7 cm³/mol. The summed E-state index contributed by atoms with van der Waals surface area (Å²) in [5, 5.41) is 2.81. The van der Waals surface area contributed by atoms with Gasteiger partial charge in [0.2, 0.25) is 5.91 Å². The predicted octanol–water partition coefficient (Wildman–Crippen LogP) is 2.23. The lowest BCUT2D eigenvalue weighted by atomic mass is 10.1. The summed E-state index contributed by atoms with van der Waals surface area (Å²) >= 11 is 0.